The van der Waals surface area contributed by atoms with E-state index in [0.717, 1.165) is 37.0 Å². The lowest BCUT2D eigenvalue weighted by atomic mass is 9.83. The van der Waals surface area contributed by atoms with Crippen LogP contribution in [-0.2, 0) is 11.3 Å². The Kier molecular flexibility index (Phi) is 5.83. The summed E-state index contributed by atoms with van der Waals surface area (Å²) in [4.78, 5) is 0. The minimum atomic E-state index is 0.692. The number of aromatic nitrogens is 2. The molecule has 1 aliphatic carbocycles. The van der Waals surface area contributed by atoms with Crippen LogP contribution >= 0.6 is 11.3 Å². The van der Waals surface area contributed by atoms with Crippen molar-refractivity contribution in [2.75, 3.05) is 26.9 Å². The molecule has 0 atom stereocenters. The molecule has 0 spiro atoms. The maximum absolute atomic E-state index is 5.61. The molecule has 1 saturated carbocycles. The van der Waals surface area contributed by atoms with Crippen molar-refractivity contribution in [1.29, 1.82) is 0 Å². The van der Waals surface area contributed by atoms with Crippen LogP contribution in [0, 0.1) is 5.92 Å². The second kappa shape index (κ2) is 7.66. The van der Waals surface area contributed by atoms with E-state index in [0.29, 0.717) is 11.8 Å². The molecule has 2 rings (SSSR count). The van der Waals surface area contributed by atoms with E-state index in [-0.39, 0.29) is 0 Å². The van der Waals surface area contributed by atoms with Gasteiger partial charge in [-0.3, -0.25) is 0 Å². The molecule has 0 amide bonds. The Morgan fingerprint density at radius 3 is 2.94 bits per heavy atom. The van der Waals surface area contributed by atoms with Gasteiger partial charge in [0.15, 0.2) is 0 Å². The van der Waals surface area contributed by atoms with Gasteiger partial charge in [0.1, 0.15) is 5.01 Å². The van der Waals surface area contributed by atoms with Gasteiger partial charge in [0.05, 0.1) is 13.2 Å². The maximum Gasteiger partial charge on any atom is 0.294 e. The second-order valence-electron chi connectivity index (χ2n) is 4.57. The highest BCUT2D eigenvalue weighted by molar-refractivity contribution is 7.13. The molecule has 0 bridgehead atoms. The third-order valence-electron chi connectivity index (χ3n) is 3.18. The highest BCUT2D eigenvalue weighted by Crippen LogP contribution is 2.29. The van der Waals surface area contributed by atoms with E-state index in [1.807, 2.05) is 0 Å². The molecule has 0 aliphatic heterocycles. The molecule has 0 unspecified atom stereocenters. The maximum atomic E-state index is 5.61. The largest absolute Gasteiger partial charge is 0.469 e. The van der Waals surface area contributed by atoms with Crippen molar-refractivity contribution in [1.82, 2.24) is 15.5 Å². The third kappa shape index (κ3) is 4.51. The van der Waals surface area contributed by atoms with Gasteiger partial charge in [0, 0.05) is 20.2 Å². The first-order valence-electron chi connectivity index (χ1n) is 6.53. The van der Waals surface area contributed by atoms with E-state index >= 15 is 0 Å². The van der Waals surface area contributed by atoms with E-state index < -0.39 is 0 Å². The van der Waals surface area contributed by atoms with Crippen molar-refractivity contribution in [3.8, 4) is 5.19 Å². The van der Waals surface area contributed by atoms with Crippen LogP contribution in [0.1, 0.15) is 30.7 Å². The number of rotatable bonds is 9. The van der Waals surface area contributed by atoms with Crippen LogP contribution in [-0.4, -0.2) is 37.1 Å². The molecule has 1 N–H and O–H groups in total. The normalized spacial score (nSPS) is 15.6. The van der Waals surface area contributed by atoms with Gasteiger partial charge in [-0.25, -0.2) is 0 Å². The van der Waals surface area contributed by atoms with E-state index in [4.69, 9.17) is 9.47 Å². The monoisotopic (exact) mass is 271 g/mol. The fourth-order valence-electron chi connectivity index (χ4n) is 1.83. The average molecular weight is 271 g/mol. The lowest BCUT2D eigenvalue weighted by Gasteiger charge is -2.24. The topological polar surface area (TPSA) is 56.3 Å². The molecule has 1 heterocycles. The number of hydrogen-bond acceptors (Lipinski definition) is 6. The standard InChI is InChI=1S/C12H21N3O2S/c1-16-8-6-13-9-11-14-15-12(18-11)17-7-5-10-3-2-4-10/h10,13H,2-9H2,1H3. The molecule has 18 heavy (non-hydrogen) atoms. The molecule has 6 heteroatoms. The fraction of sp³-hybridized carbons (Fsp3) is 0.833. The molecular formula is C12H21N3O2S. The smallest absolute Gasteiger partial charge is 0.294 e. The minimum Gasteiger partial charge on any atom is -0.469 e. The van der Waals surface area contributed by atoms with Gasteiger partial charge in [0.2, 0.25) is 0 Å². The van der Waals surface area contributed by atoms with Gasteiger partial charge < -0.3 is 14.8 Å². The molecule has 102 valence electrons. The summed E-state index contributed by atoms with van der Waals surface area (Å²) >= 11 is 1.52. The lowest BCUT2D eigenvalue weighted by Crippen LogP contribution is -2.18. The molecule has 1 aromatic heterocycles. The van der Waals surface area contributed by atoms with Crippen molar-refractivity contribution in [3.63, 3.8) is 0 Å². The predicted octanol–water partition coefficient (Wildman–Crippen LogP) is 1.84. The number of hydrogen-bond donors (Lipinski definition) is 1. The van der Waals surface area contributed by atoms with Crippen LogP contribution in [0.15, 0.2) is 0 Å². The van der Waals surface area contributed by atoms with Crippen LogP contribution < -0.4 is 10.1 Å². The zero-order valence-electron chi connectivity index (χ0n) is 10.9. The minimum absolute atomic E-state index is 0.692. The average Bonchev–Trinajstić information content (AvgIpc) is 2.76. The summed E-state index contributed by atoms with van der Waals surface area (Å²) in [5.74, 6) is 0.883. The Morgan fingerprint density at radius 2 is 2.22 bits per heavy atom. The summed E-state index contributed by atoms with van der Waals surface area (Å²) in [6.07, 6.45) is 5.28. The van der Waals surface area contributed by atoms with Gasteiger partial charge in [-0.05, 0) is 12.3 Å². The number of nitrogens with zero attached hydrogens (tertiary/aromatic N) is 2. The summed E-state index contributed by atoms with van der Waals surface area (Å²) in [6, 6.07) is 0. The molecule has 5 nitrogen and oxygen atoms in total. The van der Waals surface area contributed by atoms with Crippen LogP contribution in [0.5, 0.6) is 5.19 Å². The number of nitrogens with one attached hydrogen (secondary N) is 1. The number of methoxy groups -OCH3 is 1. The number of ether oxygens (including phenoxy) is 2. The molecular weight excluding hydrogens is 250 g/mol. The van der Waals surface area contributed by atoms with Crippen molar-refractivity contribution < 1.29 is 9.47 Å². The predicted molar refractivity (Wildman–Crippen MR) is 70.9 cm³/mol. The van der Waals surface area contributed by atoms with Gasteiger partial charge >= 0.3 is 0 Å². The fourth-order valence-corrected chi connectivity index (χ4v) is 2.51. The lowest BCUT2D eigenvalue weighted by molar-refractivity contribution is 0.199. The summed E-state index contributed by atoms with van der Waals surface area (Å²) in [5.41, 5.74) is 0. The quantitative estimate of drug-likeness (QED) is 0.695. The summed E-state index contributed by atoms with van der Waals surface area (Å²) in [6.45, 7) is 3.04. The van der Waals surface area contributed by atoms with E-state index in [2.05, 4.69) is 15.5 Å². The van der Waals surface area contributed by atoms with Crippen molar-refractivity contribution in [2.24, 2.45) is 5.92 Å². The van der Waals surface area contributed by atoms with Crippen molar-refractivity contribution in [3.05, 3.63) is 5.01 Å². The highest BCUT2D eigenvalue weighted by atomic mass is 32.1. The van der Waals surface area contributed by atoms with Crippen LogP contribution in [0.2, 0.25) is 0 Å². The Bertz CT molecular complexity index is 342. The van der Waals surface area contributed by atoms with E-state index in [9.17, 15) is 0 Å². The van der Waals surface area contributed by atoms with Gasteiger partial charge in [-0.15, -0.1) is 10.2 Å². The Balaban J connectivity index is 1.59. The van der Waals surface area contributed by atoms with Gasteiger partial charge in [-0.2, -0.15) is 0 Å². The first-order valence-corrected chi connectivity index (χ1v) is 7.35. The zero-order valence-corrected chi connectivity index (χ0v) is 11.7. The van der Waals surface area contributed by atoms with E-state index in [1.165, 1.54) is 30.6 Å². The molecule has 0 radical (unpaired) electrons. The second-order valence-corrected chi connectivity index (χ2v) is 5.59. The van der Waals surface area contributed by atoms with Crippen LogP contribution in [0.25, 0.3) is 0 Å². The van der Waals surface area contributed by atoms with Crippen LogP contribution in [0.4, 0.5) is 0 Å². The van der Waals surface area contributed by atoms with Crippen LogP contribution in [0.3, 0.4) is 0 Å². The third-order valence-corrected chi connectivity index (χ3v) is 4.02. The van der Waals surface area contributed by atoms with Gasteiger partial charge in [0.25, 0.3) is 5.19 Å². The Morgan fingerprint density at radius 1 is 1.33 bits per heavy atom. The van der Waals surface area contributed by atoms with Gasteiger partial charge in [-0.1, -0.05) is 30.6 Å². The first-order chi connectivity index (χ1) is 8.88. The molecule has 1 fully saturated rings. The molecule has 0 saturated heterocycles. The molecule has 1 aromatic rings. The van der Waals surface area contributed by atoms with Crippen molar-refractivity contribution >= 4 is 11.3 Å². The first kappa shape index (κ1) is 13.7. The summed E-state index contributed by atoms with van der Waals surface area (Å²) in [5, 5.41) is 13.0. The van der Waals surface area contributed by atoms with Crippen molar-refractivity contribution in [2.45, 2.75) is 32.2 Å². The molecule has 0 aromatic carbocycles. The zero-order chi connectivity index (χ0) is 12.6. The van der Waals surface area contributed by atoms with E-state index in [1.54, 1.807) is 7.11 Å². The highest BCUT2D eigenvalue weighted by Gasteiger charge is 2.17. The summed E-state index contributed by atoms with van der Waals surface area (Å²) < 4.78 is 10.6. The summed E-state index contributed by atoms with van der Waals surface area (Å²) in [7, 11) is 1.70. The Hall–Kier alpha value is -0.720. The SMILES string of the molecule is COCCNCc1nnc(OCCC2CCC2)s1. The molecule has 1 aliphatic rings. The Labute approximate surface area is 112 Å².